The molecule has 1 aliphatic heterocycles. The molecule has 7 heteroatoms. The molecule has 35 heavy (non-hydrogen) atoms. The van der Waals surface area contributed by atoms with E-state index in [1.807, 2.05) is 49.5 Å². The minimum Gasteiger partial charge on any atom is -0.353 e. The number of anilines is 2. The Balaban J connectivity index is 1.15. The molecular formula is C28H31N5OS. The fourth-order valence-electron chi connectivity index (χ4n) is 4.61. The van der Waals surface area contributed by atoms with Gasteiger partial charge < -0.3 is 10.2 Å². The number of fused-ring (bicyclic) bond motifs is 1. The molecule has 0 atom stereocenters. The van der Waals surface area contributed by atoms with E-state index in [0.717, 1.165) is 56.2 Å². The zero-order valence-corrected chi connectivity index (χ0v) is 20.9. The highest BCUT2D eigenvalue weighted by Gasteiger charge is 2.21. The van der Waals surface area contributed by atoms with E-state index < -0.39 is 0 Å². The lowest BCUT2D eigenvalue weighted by atomic mass is 10.1. The Hall–Kier alpha value is -3.42. The van der Waals surface area contributed by atoms with Crippen LogP contribution in [-0.2, 0) is 13.0 Å². The van der Waals surface area contributed by atoms with Crippen molar-refractivity contribution in [2.45, 2.75) is 13.0 Å². The van der Waals surface area contributed by atoms with Crippen molar-refractivity contribution in [3.8, 4) is 0 Å². The highest BCUT2D eigenvalue weighted by atomic mass is 32.1. The molecular weight excluding hydrogens is 454 g/mol. The molecule has 0 spiro atoms. The molecule has 0 unspecified atom stereocenters. The zero-order valence-electron chi connectivity index (χ0n) is 20.1. The van der Waals surface area contributed by atoms with Crippen LogP contribution in [0.15, 0.2) is 78.9 Å². The van der Waals surface area contributed by atoms with Crippen LogP contribution >= 0.6 is 11.5 Å². The SMILES string of the molecule is CN(C(=O)NCc1ccccc1)c1ccccc1CCN1CCN(c2nsc3ccccc23)CC1. The molecule has 2 heterocycles. The maximum absolute atomic E-state index is 12.8. The van der Waals surface area contributed by atoms with Crippen LogP contribution in [-0.4, -0.2) is 55.1 Å². The van der Waals surface area contributed by atoms with E-state index in [1.165, 1.54) is 15.6 Å². The van der Waals surface area contributed by atoms with Gasteiger partial charge in [0.05, 0.1) is 4.70 Å². The van der Waals surface area contributed by atoms with E-state index in [9.17, 15) is 4.79 Å². The van der Waals surface area contributed by atoms with Crippen molar-refractivity contribution in [1.82, 2.24) is 14.6 Å². The van der Waals surface area contributed by atoms with Crippen LogP contribution in [0.4, 0.5) is 16.3 Å². The van der Waals surface area contributed by atoms with Gasteiger partial charge in [0.25, 0.3) is 0 Å². The minimum atomic E-state index is -0.0922. The molecule has 1 fully saturated rings. The number of urea groups is 1. The van der Waals surface area contributed by atoms with Crippen LogP contribution < -0.4 is 15.1 Å². The first-order valence-electron chi connectivity index (χ1n) is 12.1. The van der Waals surface area contributed by atoms with Gasteiger partial charge in [-0.2, -0.15) is 4.37 Å². The van der Waals surface area contributed by atoms with Crippen LogP contribution in [0.5, 0.6) is 0 Å². The number of nitrogens with zero attached hydrogens (tertiary/aromatic N) is 4. The van der Waals surface area contributed by atoms with Gasteiger partial charge in [-0.1, -0.05) is 60.7 Å². The number of amides is 2. The summed E-state index contributed by atoms with van der Waals surface area (Å²) in [6.07, 6.45) is 0.909. The largest absolute Gasteiger partial charge is 0.353 e. The van der Waals surface area contributed by atoms with Gasteiger partial charge in [0, 0.05) is 57.4 Å². The van der Waals surface area contributed by atoms with Gasteiger partial charge >= 0.3 is 6.03 Å². The Kier molecular flexibility index (Phi) is 7.25. The van der Waals surface area contributed by atoms with Crippen LogP contribution in [0.3, 0.4) is 0 Å². The lowest BCUT2D eigenvalue weighted by Crippen LogP contribution is -2.47. The topological polar surface area (TPSA) is 51.7 Å². The van der Waals surface area contributed by atoms with Crippen molar-refractivity contribution in [2.75, 3.05) is 49.6 Å². The molecule has 2 amide bonds. The normalized spacial score (nSPS) is 14.3. The van der Waals surface area contributed by atoms with Crippen molar-refractivity contribution in [2.24, 2.45) is 0 Å². The van der Waals surface area contributed by atoms with E-state index >= 15 is 0 Å². The van der Waals surface area contributed by atoms with E-state index in [2.05, 4.69) is 51.5 Å². The standard InChI is InChI=1S/C28H31N5OS/c1-31(28(34)29-21-22-9-3-2-4-10-22)25-13-7-5-11-23(25)15-16-32-17-19-33(20-18-32)27-24-12-6-8-14-26(24)35-30-27/h2-14H,15-21H2,1H3,(H,29,34). The first-order chi connectivity index (χ1) is 17.2. The monoisotopic (exact) mass is 485 g/mol. The number of carbonyl (C=O) groups excluding carboxylic acids is 1. The Morgan fingerprint density at radius 3 is 2.49 bits per heavy atom. The van der Waals surface area contributed by atoms with Gasteiger partial charge in [-0.25, -0.2) is 4.79 Å². The third kappa shape index (κ3) is 5.47. The third-order valence-electron chi connectivity index (χ3n) is 6.67. The van der Waals surface area contributed by atoms with Crippen molar-refractivity contribution in [3.05, 3.63) is 90.0 Å². The quantitative estimate of drug-likeness (QED) is 0.400. The highest BCUT2D eigenvalue weighted by molar-refractivity contribution is 7.13. The molecule has 0 radical (unpaired) electrons. The second-order valence-electron chi connectivity index (χ2n) is 8.91. The number of hydrogen-bond acceptors (Lipinski definition) is 5. The number of rotatable bonds is 7. The molecule has 1 aromatic heterocycles. The van der Waals surface area contributed by atoms with E-state index in [-0.39, 0.29) is 6.03 Å². The fourth-order valence-corrected chi connectivity index (χ4v) is 5.41. The molecule has 1 aliphatic rings. The van der Waals surface area contributed by atoms with E-state index in [4.69, 9.17) is 4.37 Å². The van der Waals surface area contributed by atoms with Crippen molar-refractivity contribution in [3.63, 3.8) is 0 Å². The second-order valence-corrected chi connectivity index (χ2v) is 9.72. The summed E-state index contributed by atoms with van der Waals surface area (Å²) in [7, 11) is 1.84. The van der Waals surface area contributed by atoms with Crippen LogP contribution in [0.25, 0.3) is 10.1 Å². The Labute approximate surface area is 210 Å². The van der Waals surface area contributed by atoms with Gasteiger partial charge in [-0.15, -0.1) is 0 Å². The summed E-state index contributed by atoms with van der Waals surface area (Å²) in [5.74, 6) is 1.12. The molecule has 3 aromatic carbocycles. The summed E-state index contributed by atoms with van der Waals surface area (Å²) in [6, 6.07) is 26.6. The van der Waals surface area contributed by atoms with Crippen LogP contribution in [0.2, 0.25) is 0 Å². The maximum atomic E-state index is 12.8. The maximum Gasteiger partial charge on any atom is 0.321 e. The summed E-state index contributed by atoms with van der Waals surface area (Å²) in [6.45, 7) is 5.49. The molecule has 1 N–H and O–H groups in total. The molecule has 4 aromatic rings. The lowest BCUT2D eigenvalue weighted by Gasteiger charge is -2.35. The number of carbonyl (C=O) groups is 1. The summed E-state index contributed by atoms with van der Waals surface area (Å²) >= 11 is 1.58. The second kappa shape index (κ2) is 10.9. The van der Waals surface area contributed by atoms with Gasteiger partial charge in [0.15, 0.2) is 0 Å². The first kappa shape index (κ1) is 23.3. The Morgan fingerprint density at radius 1 is 0.943 bits per heavy atom. The van der Waals surface area contributed by atoms with Gasteiger partial charge in [0.2, 0.25) is 0 Å². The van der Waals surface area contributed by atoms with Crippen LogP contribution in [0, 0.1) is 0 Å². The lowest BCUT2D eigenvalue weighted by molar-refractivity contribution is 0.247. The number of nitrogens with one attached hydrogen (secondary N) is 1. The number of hydrogen-bond donors (Lipinski definition) is 1. The zero-order chi connectivity index (χ0) is 24.0. The van der Waals surface area contributed by atoms with E-state index in [1.54, 1.807) is 16.4 Å². The molecule has 180 valence electrons. The average molecular weight is 486 g/mol. The molecule has 1 saturated heterocycles. The number of aromatic nitrogens is 1. The summed E-state index contributed by atoms with van der Waals surface area (Å²) in [5.41, 5.74) is 3.25. The first-order valence-corrected chi connectivity index (χ1v) is 12.9. The molecule has 0 saturated carbocycles. The number of piperazine rings is 1. The van der Waals surface area contributed by atoms with Crippen molar-refractivity contribution >= 4 is 39.2 Å². The van der Waals surface area contributed by atoms with Gasteiger partial charge in [-0.05, 0) is 47.3 Å². The third-order valence-corrected chi connectivity index (χ3v) is 7.49. The molecule has 0 bridgehead atoms. The van der Waals surface area contributed by atoms with Crippen molar-refractivity contribution < 1.29 is 4.79 Å². The number of benzene rings is 3. The summed E-state index contributed by atoms with van der Waals surface area (Å²) in [4.78, 5) is 19.5. The summed E-state index contributed by atoms with van der Waals surface area (Å²) < 4.78 is 5.97. The molecule has 6 nitrogen and oxygen atoms in total. The summed E-state index contributed by atoms with van der Waals surface area (Å²) in [5, 5.41) is 4.28. The van der Waals surface area contributed by atoms with Crippen molar-refractivity contribution in [1.29, 1.82) is 0 Å². The fraction of sp³-hybridized carbons (Fsp3) is 0.286. The van der Waals surface area contributed by atoms with Crippen LogP contribution in [0.1, 0.15) is 11.1 Å². The Bertz CT molecular complexity index is 1270. The van der Waals surface area contributed by atoms with E-state index in [0.29, 0.717) is 6.54 Å². The average Bonchev–Trinajstić information content (AvgIpc) is 3.35. The smallest absolute Gasteiger partial charge is 0.321 e. The Morgan fingerprint density at radius 2 is 1.66 bits per heavy atom. The molecule has 0 aliphatic carbocycles. The number of para-hydroxylation sites is 1. The van der Waals surface area contributed by atoms with Gasteiger partial charge in [0.1, 0.15) is 5.82 Å². The predicted molar refractivity (Wildman–Crippen MR) is 145 cm³/mol. The minimum absolute atomic E-state index is 0.0922. The van der Waals surface area contributed by atoms with Gasteiger partial charge in [-0.3, -0.25) is 9.80 Å². The highest BCUT2D eigenvalue weighted by Crippen LogP contribution is 2.30. The molecule has 5 rings (SSSR count). The predicted octanol–water partition coefficient (Wildman–Crippen LogP) is 5.01.